The first-order valence-corrected chi connectivity index (χ1v) is 8.96. The number of carbonyl (C=O) groups excluding carboxylic acids is 1. The van der Waals surface area contributed by atoms with E-state index in [2.05, 4.69) is 0 Å². The van der Waals surface area contributed by atoms with Gasteiger partial charge in [-0.05, 0) is 17.2 Å². The number of benzene rings is 4. The topological polar surface area (TPSA) is 57.5 Å². The summed E-state index contributed by atoms with van der Waals surface area (Å²) in [5.74, 6) is -0.521. The number of hydrogen-bond acceptors (Lipinski definition) is 3. The highest BCUT2D eigenvalue weighted by atomic mass is 16.3. The molecule has 2 N–H and O–H groups in total. The van der Waals surface area contributed by atoms with Crippen LogP contribution in [0.4, 0.5) is 0 Å². The van der Waals surface area contributed by atoms with E-state index in [0.29, 0.717) is 21.9 Å². The Bertz CT molecular complexity index is 1180. The molecule has 28 heavy (non-hydrogen) atoms. The molecule has 4 rings (SSSR count). The Hall–Kier alpha value is -3.85. The predicted octanol–water partition coefficient (Wildman–Crippen LogP) is 5.81. The molecule has 0 spiro atoms. The Kier molecular flexibility index (Phi) is 4.65. The van der Waals surface area contributed by atoms with Gasteiger partial charge in [-0.3, -0.25) is 4.79 Å². The predicted molar refractivity (Wildman–Crippen MR) is 113 cm³/mol. The number of rotatable bonds is 4. The normalized spacial score (nSPS) is 11.1. The zero-order chi connectivity index (χ0) is 19.5. The molecule has 3 nitrogen and oxygen atoms in total. The van der Waals surface area contributed by atoms with Gasteiger partial charge in [0.15, 0.2) is 5.78 Å². The standard InChI is InChI=1S/C25H18O3/c26-21(16-15-17-9-3-1-4-10-17)23-22(18-11-5-2-6-12-18)24(27)19-13-7-8-14-20(19)25(23)28/h1-16,27-28H/b16-15+. The zero-order valence-electron chi connectivity index (χ0n) is 15.0. The fourth-order valence-corrected chi connectivity index (χ4v) is 3.35. The lowest BCUT2D eigenvalue weighted by atomic mass is 9.90. The monoisotopic (exact) mass is 366 g/mol. The average molecular weight is 366 g/mol. The largest absolute Gasteiger partial charge is 0.507 e. The molecule has 0 saturated heterocycles. The van der Waals surface area contributed by atoms with Crippen LogP contribution in [0.5, 0.6) is 11.5 Å². The van der Waals surface area contributed by atoms with Gasteiger partial charge < -0.3 is 10.2 Å². The van der Waals surface area contributed by atoms with E-state index in [0.717, 1.165) is 5.56 Å². The van der Waals surface area contributed by atoms with Crippen molar-refractivity contribution in [3.05, 3.63) is 102 Å². The van der Waals surface area contributed by atoms with Crippen molar-refractivity contribution >= 4 is 22.6 Å². The molecule has 0 heterocycles. The van der Waals surface area contributed by atoms with Crippen molar-refractivity contribution in [1.82, 2.24) is 0 Å². The molecular weight excluding hydrogens is 348 g/mol. The van der Waals surface area contributed by atoms with Crippen molar-refractivity contribution < 1.29 is 15.0 Å². The van der Waals surface area contributed by atoms with Gasteiger partial charge in [0.05, 0.1) is 5.56 Å². The highest BCUT2D eigenvalue weighted by Crippen LogP contribution is 2.45. The van der Waals surface area contributed by atoms with E-state index in [1.807, 2.05) is 48.5 Å². The van der Waals surface area contributed by atoms with Gasteiger partial charge in [0.25, 0.3) is 0 Å². The van der Waals surface area contributed by atoms with Gasteiger partial charge in [-0.2, -0.15) is 0 Å². The van der Waals surface area contributed by atoms with Crippen LogP contribution in [0.1, 0.15) is 15.9 Å². The minimum atomic E-state index is -0.374. The lowest BCUT2D eigenvalue weighted by Crippen LogP contribution is -2.00. The summed E-state index contributed by atoms with van der Waals surface area (Å²) in [7, 11) is 0. The second-order valence-corrected chi connectivity index (χ2v) is 6.47. The summed E-state index contributed by atoms with van der Waals surface area (Å²) >= 11 is 0. The maximum absolute atomic E-state index is 13.1. The van der Waals surface area contributed by atoms with Crippen LogP contribution in [-0.2, 0) is 0 Å². The Labute approximate surface area is 162 Å². The van der Waals surface area contributed by atoms with E-state index >= 15 is 0 Å². The fraction of sp³-hybridized carbons (Fsp3) is 0. The molecule has 0 aliphatic carbocycles. The first-order chi connectivity index (χ1) is 13.7. The molecule has 4 aromatic carbocycles. The Morgan fingerprint density at radius 2 is 1.21 bits per heavy atom. The van der Waals surface area contributed by atoms with Gasteiger partial charge >= 0.3 is 0 Å². The highest BCUT2D eigenvalue weighted by molar-refractivity contribution is 6.18. The summed E-state index contributed by atoms with van der Waals surface area (Å²) < 4.78 is 0. The maximum Gasteiger partial charge on any atom is 0.190 e. The minimum Gasteiger partial charge on any atom is -0.507 e. The molecule has 3 heteroatoms. The van der Waals surface area contributed by atoms with Gasteiger partial charge in [0, 0.05) is 16.3 Å². The summed E-state index contributed by atoms with van der Waals surface area (Å²) in [4.78, 5) is 13.1. The van der Waals surface area contributed by atoms with E-state index in [1.165, 1.54) is 6.08 Å². The fourth-order valence-electron chi connectivity index (χ4n) is 3.35. The number of ketones is 1. The van der Waals surface area contributed by atoms with Gasteiger partial charge in [-0.1, -0.05) is 91.0 Å². The summed E-state index contributed by atoms with van der Waals surface area (Å²) in [6.45, 7) is 0. The van der Waals surface area contributed by atoms with Crippen molar-refractivity contribution in [1.29, 1.82) is 0 Å². The van der Waals surface area contributed by atoms with E-state index < -0.39 is 0 Å². The molecule has 4 aromatic rings. The quantitative estimate of drug-likeness (QED) is 0.272. The van der Waals surface area contributed by atoms with Gasteiger partial charge in [0.2, 0.25) is 0 Å². The van der Waals surface area contributed by atoms with Gasteiger partial charge in [-0.25, -0.2) is 0 Å². The molecular formula is C25H18O3. The SMILES string of the molecule is O=C(/C=C/c1ccccc1)c1c(-c2ccccc2)c(O)c2ccccc2c1O. The molecule has 0 aromatic heterocycles. The van der Waals surface area contributed by atoms with Gasteiger partial charge in [-0.15, -0.1) is 0 Å². The lowest BCUT2D eigenvalue weighted by Gasteiger charge is -2.15. The van der Waals surface area contributed by atoms with Crippen molar-refractivity contribution in [2.75, 3.05) is 0 Å². The molecule has 0 aliphatic rings. The van der Waals surface area contributed by atoms with E-state index in [-0.39, 0.29) is 22.8 Å². The minimum absolute atomic E-state index is 0.0175. The molecule has 0 amide bonds. The molecule has 136 valence electrons. The maximum atomic E-state index is 13.1. The van der Waals surface area contributed by atoms with Crippen LogP contribution < -0.4 is 0 Å². The summed E-state index contributed by atoms with van der Waals surface area (Å²) in [6, 6.07) is 25.5. The Morgan fingerprint density at radius 3 is 1.86 bits per heavy atom. The number of hydrogen-bond donors (Lipinski definition) is 2. The number of phenols is 2. The molecule has 0 bridgehead atoms. The summed E-state index contributed by atoms with van der Waals surface area (Å²) in [6.07, 6.45) is 3.12. The van der Waals surface area contributed by atoms with Crippen molar-refractivity contribution in [2.24, 2.45) is 0 Å². The highest BCUT2D eigenvalue weighted by Gasteiger charge is 2.23. The molecule has 0 unspecified atom stereocenters. The van der Waals surface area contributed by atoms with Crippen molar-refractivity contribution in [2.45, 2.75) is 0 Å². The van der Waals surface area contributed by atoms with Crippen LogP contribution in [0.3, 0.4) is 0 Å². The number of phenolic OH excluding ortho intramolecular Hbond substituents is 2. The number of aromatic hydroxyl groups is 2. The van der Waals surface area contributed by atoms with Crippen LogP contribution in [-0.4, -0.2) is 16.0 Å². The van der Waals surface area contributed by atoms with Crippen LogP contribution >= 0.6 is 0 Å². The number of allylic oxidation sites excluding steroid dienone is 1. The van der Waals surface area contributed by atoms with E-state index in [9.17, 15) is 15.0 Å². The molecule has 0 atom stereocenters. The van der Waals surface area contributed by atoms with Crippen LogP contribution in [0, 0.1) is 0 Å². The zero-order valence-corrected chi connectivity index (χ0v) is 15.0. The van der Waals surface area contributed by atoms with Crippen molar-refractivity contribution in [3.8, 4) is 22.6 Å². The number of fused-ring (bicyclic) bond motifs is 1. The first kappa shape index (κ1) is 17.6. The summed E-state index contributed by atoms with van der Waals surface area (Å²) in [5.41, 5.74) is 1.97. The molecule has 0 aliphatic heterocycles. The second-order valence-electron chi connectivity index (χ2n) is 6.47. The van der Waals surface area contributed by atoms with Crippen LogP contribution in [0.25, 0.3) is 28.0 Å². The molecule has 0 fully saturated rings. The Balaban J connectivity index is 1.95. The third-order valence-corrected chi connectivity index (χ3v) is 4.70. The molecule has 0 saturated carbocycles. The third-order valence-electron chi connectivity index (χ3n) is 4.70. The van der Waals surface area contributed by atoms with Gasteiger partial charge in [0.1, 0.15) is 11.5 Å². The Morgan fingerprint density at radius 1 is 0.679 bits per heavy atom. The van der Waals surface area contributed by atoms with Crippen LogP contribution in [0.2, 0.25) is 0 Å². The smallest absolute Gasteiger partial charge is 0.190 e. The van der Waals surface area contributed by atoms with E-state index in [4.69, 9.17) is 0 Å². The summed E-state index contributed by atoms with van der Waals surface area (Å²) in [5, 5.41) is 22.8. The average Bonchev–Trinajstić information content (AvgIpc) is 2.75. The first-order valence-electron chi connectivity index (χ1n) is 8.96. The van der Waals surface area contributed by atoms with Crippen molar-refractivity contribution in [3.63, 3.8) is 0 Å². The second kappa shape index (κ2) is 7.41. The third kappa shape index (κ3) is 3.14. The van der Waals surface area contributed by atoms with E-state index in [1.54, 1.807) is 42.5 Å². The van der Waals surface area contributed by atoms with Crippen LogP contribution in [0.15, 0.2) is 91.0 Å². The lowest BCUT2D eigenvalue weighted by molar-refractivity contribution is 0.104. The molecule has 0 radical (unpaired) electrons. The number of carbonyl (C=O) groups is 1.